The highest BCUT2D eigenvalue weighted by atomic mass is 28.4. The number of carbonyl (C=O) groups is 1. The molecule has 4 rings (SSSR count). The van der Waals surface area contributed by atoms with Crippen LogP contribution in [0.4, 0.5) is 4.79 Å². The van der Waals surface area contributed by atoms with Gasteiger partial charge < -0.3 is 13.7 Å². The van der Waals surface area contributed by atoms with E-state index in [1.807, 2.05) is 45.2 Å². The Morgan fingerprint density at radius 1 is 1.06 bits per heavy atom. The van der Waals surface area contributed by atoms with E-state index in [1.165, 1.54) is 0 Å². The second-order valence-corrected chi connectivity index (χ2v) is 16.3. The normalized spacial score (nSPS) is 17.8. The molecule has 0 N–H and O–H groups in total. The molecule has 0 radical (unpaired) electrons. The lowest BCUT2D eigenvalue weighted by atomic mass is 10.2. The highest BCUT2D eigenvalue weighted by Gasteiger charge is 2.41. The number of hydrogen-bond donors (Lipinski definition) is 0. The number of para-hydroxylation sites is 1. The van der Waals surface area contributed by atoms with Crippen LogP contribution in [0, 0.1) is 0 Å². The summed E-state index contributed by atoms with van der Waals surface area (Å²) in [5.74, 6) is 0.829. The molecule has 1 unspecified atom stereocenters. The number of aromatic nitrogens is 3. The number of ether oxygens (including phenoxy) is 1. The van der Waals surface area contributed by atoms with E-state index in [-0.39, 0.29) is 17.2 Å². The summed E-state index contributed by atoms with van der Waals surface area (Å²) in [6.07, 6.45) is 1.32. The minimum Gasteiger partial charge on any atom is -0.444 e. The maximum absolute atomic E-state index is 13.1. The van der Waals surface area contributed by atoms with Crippen molar-refractivity contribution in [3.05, 3.63) is 36.3 Å². The van der Waals surface area contributed by atoms with Gasteiger partial charge in [-0.2, -0.15) is 0 Å². The first-order chi connectivity index (χ1) is 15.2. The van der Waals surface area contributed by atoms with E-state index in [0.29, 0.717) is 19.6 Å². The van der Waals surface area contributed by atoms with Crippen molar-refractivity contribution in [2.45, 2.75) is 84.5 Å². The van der Waals surface area contributed by atoms with E-state index in [0.717, 1.165) is 27.8 Å². The lowest BCUT2D eigenvalue weighted by Gasteiger charge is -2.40. The van der Waals surface area contributed by atoms with E-state index < -0.39 is 13.9 Å². The van der Waals surface area contributed by atoms with E-state index in [4.69, 9.17) is 14.1 Å². The molecule has 0 fully saturated rings. The third kappa shape index (κ3) is 4.77. The summed E-state index contributed by atoms with van der Waals surface area (Å²) in [6.45, 7) is 18.3. The lowest BCUT2D eigenvalue weighted by molar-refractivity contribution is 0.0149. The third-order valence-corrected chi connectivity index (χ3v) is 11.2. The predicted molar refractivity (Wildman–Crippen MR) is 134 cm³/mol. The zero-order valence-corrected chi connectivity index (χ0v) is 22.1. The molecule has 0 bridgehead atoms. The van der Waals surface area contributed by atoms with Crippen LogP contribution in [0.2, 0.25) is 18.1 Å². The average molecular weight is 469 g/mol. The number of imidazole rings is 1. The van der Waals surface area contributed by atoms with Gasteiger partial charge in [0.15, 0.2) is 8.32 Å². The van der Waals surface area contributed by atoms with Crippen LogP contribution in [0.3, 0.4) is 0 Å². The van der Waals surface area contributed by atoms with Gasteiger partial charge >= 0.3 is 6.09 Å². The summed E-state index contributed by atoms with van der Waals surface area (Å²) in [6, 6.07) is 8.12. The van der Waals surface area contributed by atoms with Gasteiger partial charge in [-0.3, -0.25) is 9.88 Å². The molecule has 1 aromatic carbocycles. The number of pyridine rings is 1. The van der Waals surface area contributed by atoms with Crippen LogP contribution in [0.1, 0.15) is 47.4 Å². The van der Waals surface area contributed by atoms with Crippen molar-refractivity contribution in [3.63, 3.8) is 0 Å². The van der Waals surface area contributed by atoms with Crippen molar-refractivity contribution in [1.82, 2.24) is 19.4 Å². The Labute approximate surface area is 197 Å². The second kappa shape index (κ2) is 8.09. The molecule has 1 atom stereocenters. The van der Waals surface area contributed by atoms with Gasteiger partial charge in [0.05, 0.1) is 43.0 Å². The Bertz CT molecular complexity index is 1190. The maximum Gasteiger partial charge on any atom is 0.410 e. The Morgan fingerprint density at radius 2 is 1.76 bits per heavy atom. The van der Waals surface area contributed by atoms with Gasteiger partial charge in [0, 0.05) is 5.39 Å². The van der Waals surface area contributed by atoms with Gasteiger partial charge in [-0.1, -0.05) is 39.0 Å². The van der Waals surface area contributed by atoms with Crippen molar-refractivity contribution >= 4 is 36.3 Å². The quantitative estimate of drug-likeness (QED) is 0.450. The monoisotopic (exact) mass is 468 g/mol. The van der Waals surface area contributed by atoms with Crippen LogP contribution in [-0.2, 0) is 22.3 Å². The number of rotatable bonds is 2. The smallest absolute Gasteiger partial charge is 0.410 e. The van der Waals surface area contributed by atoms with Crippen LogP contribution in [0.15, 0.2) is 30.5 Å². The first-order valence-electron chi connectivity index (χ1n) is 11.6. The molecule has 1 aliphatic rings. The molecule has 0 saturated heterocycles. The molecule has 0 spiro atoms. The number of benzene rings is 1. The molecular weight excluding hydrogens is 432 g/mol. The number of amides is 1. The minimum absolute atomic E-state index is 0.0620. The second-order valence-electron chi connectivity index (χ2n) is 11.5. The summed E-state index contributed by atoms with van der Waals surface area (Å²) in [5, 5.41) is 1.12. The number of carbonyl (C=O) groups excluding carboxylic acids is 1. The van der Waals surface area contributed by atoms with Crippen molar-refractivity contribution in [2.75, 3.05) is 6.54 Å². The first kappa shape index (κ1) is 23.7. The molecule has 0 saturated carbocycles. The fourth-order valence-electron chi connectivity index (χ4n) is 4.00. The van der Waals surface area contributed by atoms with Crippen LogP contribution >= 0.6 is 0 Å². The standard InChI is InChI=1S/C25H36N4O3Si/c1-24(2,3)31-23(30)28-14-17(32-33(7,8)25(4,5)6)15-29-21(16-28)27-20-13-26-19-12-10-9-11-18(19)22(20)29/h9-13,17H,14-16H2,1-8H3. The van der Waals surface area contributed by atoms with Crippen molar-refractivity contribution in [1.29, 1.82) is 0 Å². The number of nitrogens with zero attached hydrogens (tertiary/aromatic N) is 4. The summed E-state index contributed by atoms with van der Waals surface area (Å²) in [4.78, 5) is 24.3. The van der Waals surface area contributed by atoms with Gasteiger partial charge in [-0.05, 0) is 45.0 Å². The van der Waals surface area contributed by atoms with Gasteiger partial charge in [-0.25, -0.2) is 9.78 Å². The first-order valence-corrected chi connectivity index (χ1v) is 14.5. The van der Waals surface area contributed by atoms with Crippen molar-refractivity contribution in [3.8, 4) is 0 Å². The highest BCUT2D eigenvalue weighted by molar-refractivity contribution is 6.74. The number of hydrogen-bond acceptors (Lipinski definition) is 5. The zero-order chi connectivity index (χ0) is 24.2. The van der Waals surface area contributed by atoms with Crippen LogP contribution in [0.25, 0.3) is 21.9 Å². The molecule has 8 heteroatoms. The summed E-state index contributed by atoms with van der Waals surface area (Å²) < 4.78 is 14.8. The van der Waals surface area contributed by atoms with Gasteiger partial charge in [0.2, 0.25) is 0 Å². The zero-order valence-electron chi connectivity index (χ0n) is 21.1. The van der Waals surface area contributed by atoms with Gasteiger partial charge in [0.1, 0.15) is 16.9 Å². The van der Waals surface area contributed by atoms with Crippen LogP contribution in [0.5, 0.6) is 0 Å². The highest BCUT2D eigenvalue weighted by Crippen LogP contribution is 2.38. The molecule has 7 nitrogen and oxygen atoms in total. The molecule has 2 aromatic heterocycles. The Kier molecular flexibility index (Phi) is 5.81. The lowest BCUT2D eigenvalue weighted by Crippen LogP contribution is -2.48. The van der Waals surface area contributed by atoms with E-state index in [9.17, 15) is 4.79 Å². The Hall–Kier alpha value is -2.45. The summed E-state index contributed by atoms with van der Waals surface area (Å²) in [7, 11) is -2.07. The fraction of sp³-hybridized carbons (Fsp3) is 0.560. The minimum atomic E-state index is -2.07. The molecule has 0 aliphatic carbocycles. The molecule has 3 heterocycles. The van der Waals surface area contributed by atoms with E-state index in [2.05, 4.69) is 49.5 Å². The topological polar surface area (TPSA) is 69.5 Å². The largest absolute Gasteiger partial charge is 0.444 e. The van der Waals surface area contributed by atoms with Gasteiger partial charge in [-0.15, -0.1) is 0 Å². The molecular formula is C25H36N4O3Si. The average Bonchev–Trinajstić information content (AvgIpc) is 2.92. The fourth-order valence-corrected chi connectivity index (χ4v) is 5.34. The molecule has 1 aliphatic heterocycles. The molecule has 178 valence electrons. The summed E-state index contributed by atoms with van der Waals surface area (Å²) >= 11 is 0. The van der Waals surface area contributed by atoms with E-state index >= 15 is 0 Å². The maximum atomic E-state index is 13.1. The Morgan fingerprint density at radius 3 is 2.42 bits per heavy atom. The van der Waals surface area contributed by atoms with Crippen molar-refractivity contribution < 1.29 is 14.0 Å². The van der Waals surface area contributed by atoms with Crippen LogP contribution in [-0.4, -0.2) is 52.1 Å². The van der Waals surface area contributed by atoms with Crippen LogP contribution < -0.4 is 0 Å². The molecule has 33 heavy (non-hydrogen) atoms. The number of fused-ring (bicyclic) bond motifs is 5. The Balaban J connectivity index is 1.81. The van der Waals surface area contributed by atoms with Crippen molar-refractivity contribution in [2.24, 2.45) is 0 Å². The molecule has 3 aromatic rings. The predicted octanol–water partition coefficient (Wildman–Crippen LogP) is 5.73. The van der Waals surface area contributed by atoms with Gasteiger partial charge in [0.25, 0.3) is 0 Å². The summed E-state index contributed by atoms with van der Waals surface area (Å²) in [5.41, 5.74) is 2.24. The van der Waals surface area contributed by atoms with E-state index in [1.54, 1.807) is 4.90 Å². The third-order valence-electron chi connectivity index (χ3n) is 6.62. The SMILES string of the molecule is CC(C)(C)OC(=O)N1Cc2nc3cnc4ccccc4c3n2CC(O[Si](C)(C)C(C)(C)C)C1. The molecule has 1 amide bonds.